The molecule has 21 heavy (non-hydrogen) atoms. The maximum absolute atomic E-state index is 10.7. The Morgan fingerprint density at radius 1 is 1.19 bits per heavy atom. The smallest absolute Gasteiger partial charge is 0.0771 e. The van der Waals surface area contributed by atoms with E-state index in [9.17, 15) is 5.11 Å². The second-order valence-corrected chi connectivity index (χ2v) is 7.20. The highest BCUT2D eigenvalue weighted by Gasteiger charge is 2.32. The van der Waals surface area contributed by atoms with Crippen LogP contribution in [0.15, 0.2) is 24.3 Å². The van der Waals surface area contributed by atoms with E-state index in [0.717, 1.165) is 37.8 Å². The summed E-state index contributed by atoms with van der Waals surface area (Å²) < 4.78 is 0. The van der Waals surface area contributed by atoms with E-state index in [4.69, 9.17) is 0 Å². The molecule has 116 valence electrons. The van der Waals surface area contributed by atoms with E-state index in [2.05, 4.69) is 36.5 Å². The van der Waals surface area contributed by atoms with Gasteiger partial charge in [-0.15, -0.1) is 0 Å². The van der Waals surface area contributed by atoms with Crippen molar-refractivity contribution in [1.29, 1.82) is 0 Å². The average molecular weight is 287 g/mol. The van der Waals surface area contributed by atoms with Crippen LogP contribution in [0.25, 0.3) is 0 Å². The Morgan fingerprint density at radius 3 is 2.62 bits per heavy atom. The van der Waals surface area contributed by atoms with E-state index in [1.165, 1.54) is 43.2 Å². The molecule has 2 aliphatic rings. The highest BCUT2D eigenvalue weighted by atomic mass is 16.3. The Labute approximate surface area is 129 Å². The molecule has 0 unspecified atom stereocenters. The highest BCUT2D eigenvalue weighted by molar-refractivity contribution is 5.29. The van der Waals surface area contributed by atoms with Crippen molar-refractivity contribution < 1.29 is 5.11 Å². The average Bonchev–Trinajstić information content (AvgIpc) is 3.33. The third-order valence-corrected chi connectivity index (χ3v) is 5.40. The van der Waals surface area contributed by atoms with E-state index in [0.29, 0.717) is 0 Å². The molecule has 3 rings (SSSR count). The number of hydrogen-bond donors (Lipinski definition) is 2. The van der Waals surface area contributed by atoms with Crippen LogP contribution >= 0.6 is 0 Å². The molecule has 2 N–H and O–H groups in total. The molecule has 0 radical (unpaired) electrons. The molecule has 2 nitrogen and oxygen atoms in total. The zero-order chi connectivity index (χ0) is 14.7. The first-order chi connectivity index (χ1) is 10.2. The van der Waals surface area contributed by atoms with Gasteiger partial charge >= 0.3 is 0 Å². The number of rotatable bonds is 6. The van der Waals surface area contributed by atoms with Crippen LogP contribution in [0.4, 0.5) is 0 Å². The van der Waals surface area contributed by atoms with Gasteiger partial charge in [0.25, 0.3) is 0 Å². The van der Waals surface area contributed by atoms with Gasteiger partial charge in [0.2, 0.25) is 0 Å². The van der Waals surface area contributed by atoms with Gasteiger partial charge < -0.3 is 10.4 Å². The second-order valence-electron chi connectivity index (χ2n) is 7.20. The quantitative estimate of drug-likeness (QED) is 0.829. The van der Waals surface area contributed by atoms with Crippen LogP contribution in [0.1, 0.15) is 68.9 Å². The predicted octanol–water partition coefficient (Wildman–Crippen LogP) is 3.98. The van der Waals surface area contributed by atoms with Gasteiger partial charge in [-0.25, -0.2) is 0 Å². The lowest BCUT2D eigenvalue weighted by atomic mass is 9.78. The monoisotopic (exact) mass is 287 g/mol. The van der Waals surface area contributed by atoms with Crippen LogP contribution in [0.5, 0.6) is 0 Å². The third-order valence-electron chi connectivity index (χ3n) is 5.40. The Morgan fingerprint density at radius 2 is 1.95 bits per heavy atom. The molecule has 0 aromatic heterocycles. The largest absolute Gasteiger partial charge is 0.389 e. The fraction of sp³-hybridized carbons (Fsp3) is 0.684. The molecular weight excluding hydrogens is 258 g/mol. The fourth-order valence-electron chi connectivity index (χ4n) is 3.61. The minimum absolute atomic E-state index is 0.472. The van der Waals surface area contributed by atoms with Gasteiger partial charge in [-0.05, 0) is 61.5 Å². The summed E-state index contributed by atoms with van der Waals surface area (Å²) in [6.07, 6.45) is 8.26. The molecule has 0 bridgehead atoms. The zero-order valence-corrected chi connectivity index (χ0v) is 13.3. The van der Waals surface area contributed by atoms with Crippen molar-refractivity contribution in [1.82, 2.24) is 5.32 Å². The molecule has 0 atom stereocenters. The van der Waals surface area contributed by atoms with Crippen LogP contribution in [0.2, 0.25) is 0 Å². The number of nitrogens with one attached hydrogen (secondary N) is 1. The summed E-state index contributed by atoms with van der Waals surface area (Å²) in [6.45, 7) is 3.87. The zero-order valence-electron chi connectivity index (χ0n) is 13.3. The SMILES string of the molecule is CCC1CCC(O)(CNCc2cccc(C3CC3)c2)CC1. The lowest BCUT2D eigenvalue weighted by molar-refractivity contribution is -0.00881. The minimum Gasteiger partial charge on any atom is -0.389 e. The maximum Gasteiger partial charge on any atom is 0.0771 e. The van der Waals surface area contributed by atoms with Crippen molar-refractivity contribution in [2.45, 2.75) is 69.9 Å². The van der Waals surface area contributed by atoms with Gasteiger partial charge in [0.15, 0.2) is 0 Å². The van der Waals surface area contributed by atoms with Crippen LogP contribution < -0.4 is 5.32 Å². The Bertz CT molecular complexity index is 458. The van der Waals surface area contributed by atoms with Gasteiger partial charge in [0.1, 0.15) is 0 Å². The minimum atomic E-state index is -0.472. The molecule has 0 heterocycles. The predicted molar refractivity (Wildman–Crippen MR) is 87.3 cm³/mol. The summed E-state index contributed by atoms with van der Waals surface area (Å²) in [5.41, 5.74) is 2.38. The van der Waals surface area contributed by atoms with Gasteiger partial charge in [-0.3, -0.25) is 0 Å². The Balaban J connectivity index is 1.46. The first-order valence-electron chi connectivity index (χ1n) is 8.70. The van der Waals surface area contributed by atoms with E-state index in [1.807, 2.05) is 0 Å². The van der Waals surface area contributed by atoms with Crippen molar-refractivity contribution in [2.75, 3.05) is 6.54 Å². The van der Waals surface area contributed by atoms with Gasteiger partial charge in [0, 0.05) is 13.1 Å². The van der Waals surface area contributed by atoms with Gasteiger partial charge in [0.05, 0.1) is 5.60 Å². The molecule has 1 aromatic carbocycles. The Kier molecular flexibility index (Phi) is 4.66. The van der Waals surface area contributed by atoms with Crippen molar-refractivity contribution in [2.24, 2.45) is 5.92 Å². The molecule has 0 amide bonds. The van der Waals surface area contributed by atoms with Gasteiger partial charge in [-0.1, -0.05) is 37.6 Å². The van der Waals surface area contributed by atoms with Crippen LogP contribution in [0, 0.1) is 5.92 Å². The first kappa shape index (κ1) is 15.1. The third kappa shape index (κ3) is 4.08. The van der Waals surface area contributed by atoms with E-state index in [-0.39, 0.29) is 0 Å². The topological polar surface area (TPSA) is 32.3 Å². The van der Waals surface area contributed by atoms with E-state index >= 15 is 0 Å². The van der Waals surface area contributed by atoms with Crippen molar-refractivity contribution in [3.63, 3.8) is 0 Å². The summed E-state index contributed by atoms with van der Waals surface area (Å²) >= 11 is 0. The molecule has 2 heteroatoms. The first-order valence-corrected chi connectivity index (χ1v) is 8.70. The summed E-state index contributed by atoms with van der Waals surface area (Å²) in [5.74, 6) is 1.65. The molecule has 2 fully saturated rings. The van der Waals surface area contributed by atoms with Crippen molar-refractivity contribution in [3.05, 3.63) is 35.4 Å². The number of hydrogen-bond acceptors (Lipinski definition) is 2. The molecule has 0 aliphatic heterocycles. The van der Waals surface area contributed by atoms with Crippen LogP contribution in [-0.4, -0.2) is 17.3 Å². The standard InChI is InChI=1S/C19H29NO/c1-2-15-8-10-19(21,11-9-15)14-20-13-16-4-3-5-18(12-16)17-6-7-17/h3-5,12,15,17,20-21H,2,6-11,13-14H2,1H3. The van der Waals surface area contributed by atoms with E-state index in [1.54, 1.807) is 0 Å². The van der Waals surface area contributed by atoms with Crippen LogP contribution in [-0.2, 0) is 6.54 Å². The molecule has 0 spiro atoms. The summed E-state index contributed by atoms with van der Waals surface area (Å²) in [6, 6.07) is 8.95. The molecule has 0 saturated heterocycles. The Hall–Kier alpha value is -0.860. The molecule has 1 aromatic rings. The molecular formula is C19H29NO. The summed E-state index contributed by atoms with van der Waals surface area (Å²) in [5, 5.41) is 14.1. The van der Waals surface area contributed by atoms with E-state index < -0.39 is 5.60 Å². The lowest BCUT2D eigenvalue weighted by Crippen LogP contribution is -2.43. The molecule has 2 saturated carbocycles. The highest BCUT2D eigenvalue weighted by Crippen LogP contribution is 2.40. The van der Waals surface area contributed by atoms with Crippen molar-refractivity contribution in [3.8, 4) is 0 Å². The summed E-state index contributed by atoms with van der Waals surface area (Å²) in [7, 11) is 0. The summed E-state index contributed by atoms with van der Waals surface area (Å²) in [4.78, 5) is 0. The van der Waals surface area contributed by atoms with Crippen LogP contribution in [0.3, 0.4) is 0 Å². The van der Waals surface area contributed by atoms with Gasteiger partial charge in [-0.2, -0.15) is 0 Å². The molecule has 2 aliphatic carbocycles. The normalized spacial score (nSPS) is 29.5. The lowest BCUT2D eigenvalue weighted by Gasteiger charge is -2.36. The number of aliphatic hydroxyl groups is 1. The number of benzene rings is 1. The fourth-order valence-corrected chi connectivity index (χ4v) is 3.61. The second kappa shape index (κ2) is 6.50. The van der Waals surface area contributed by atoms with Crippen molar-refractivity contribution >= 4 is 0 Å². The maximum atomic E-state index is 10.7.